The summed E-state index contributed by atoms with van der Waals surface area (Å²) < 4.78 is 0. The molecular weight excluding hydrogens is 278 g/mol. The minimum Gasteiger partial charge on any atom is -0.317 e. The smallest absolute Gasteiger partial charge is 0.280 e. The summed E-state index contributed by atoms with van der Waals surface area (Å²) in [4.78, 5) is 11.1. The maximum atomic E-state index is 11.1. The van der Waals surface area contributed by atoms with Gasteiger partial charge in [0.25, 0.3) is 5.24 Å². The Morgan fingerprint density at radius 1 is 0.905 bits per heavy atom. The van der Waals surface area contributed by atoms with Gasteiger partial charge in [-0.3, -0.25) is 4.79 Å². The Morgan fingerprint density at radius 3 is 2.43 bits per heavy atom. The molecule has 0 saturated carbocycles. The van der Waals surface area contributed by atoms with Crippen molar-refractivity contribution in [1.29, 1.82) is 0 Å². The van der Waals surface area contributed by atoms with Crippen molar-refractivity contribution >= 4 is 34.3 Å². The summed E-state index contributed by atoms with van der Waals surface area (Å²) in [5.41, 5.74) is 3.11. The number of hydrogen-bond acceptors (Lipinski definition) is 1. The van der Waals surface area contributed by atoms with E-state index in [1.807, 2.05) is 36.4 Å². The number of rotatable bonds is 3. The minimum atomic E-state index is -0.346. The minimum absolute atomic E-state index is 0.346. The van der Waals surface area contributed by atoms with Gasteiger partial charge in [0.1, 0.15) is 0 Å². The first kappa shape index (κ1) is 13.7. The molecule has 0 bridgehead atoms. The average molecular weight is 293 g/mol. The molecule has 0 aromatic heterocycles. The van der Waals surface area contributed by atoms with E-state index in [2.05, 4.69) is 48.3 Å². The fourth-order valence-electron chi connectivity index (χ4n) is 2.48. The Kier molecular flexibility index (Phi) is 3.93. The van der Waals surface area contributed by atoms with Crippen LogP contribution >= 0.6 is 12.6 Å². The van der Waals surface area contributed by atoms with Crippen molar-refractivity contribution in [3.8, 4) is 0 Å². The van der Waals surface area contributed by atoms with Gasteiger partial charge in [0.2, 0.25) is 0 Å². The molecule has 3 rings (SSSR count). The van der Waals surface area contributed by atoms with Crippen LogP contribution in [0, 0.1) is 0 Å². The van der Waals surface area contributed by atoms with Crippen LogP contribution in [0.3, 0.4) is 0 Å². The molecule has 0 aliphatic carbocycles. The number of nitrogens with one attached hydrogen (secondary N) is 1. The van der Waals surface area contributed by atoms with Gasteiger partial charge in [-0.05, 0) is 34.4 Å². The number of anilines is 1. The highest BCUT2D eigenvalue weighted by molar-refractivity contribution is 7.96. The Labute approximate surface area is 129 Å². The third-order valence-electron chi connectivity index (χ3n) is 3.47. The predicted octanol–water partition coefficient (Wildman–Crippen LogP) is 4.89. The Morgan fingerprint density at radius 2 is 1.62 bits per heavy atom. The van der Waals surface area contributed by atoms with Crippen molar-refractivity contribution < 1.29 is 4.79 Å². The van der Waals surface area contributed by atoms with Crippen LogP contribution in [0.25, 0.3) is 10.8 Å². The van der Waals surface area contributed by atoms with Gasteiger partial charge in [-0.15, -0.1) is 0 Å². The standard InChI is InChI=1S/C18H15NOS/c20-18(21)19-17-8-4-3-7-16(17)12-13-9-10-14-5-1-2-6-15(14)11-13/h1-11H,12H2,(H2,19,20,21). The molecule has 1 amide bonds. The number of para-hydroxylation sites is 1. The van der Waals surface area contributed by atoms with Crippen molar-refractivity contribution in [2.24, 2.45) is 0 Å². The number of hydrogen-bond donors (Lipinski definition) is 2. The fourth-order valence-corrected chi connectivity index (χ4v) is 2.60. The van der Waals surface area contributed by atoms with Gasteiger partial charge in [0.15, 0.2) is 0 Å². The third-order valence-corrected chi connectivity index (χ3v) is 3.58. The normalized spacial score (nSPS) is 10.5. The van der Waals surface area contributed by atoms with E-state index in [0.717, 1.165) is 17.7 Å². The first-order valence-corrected chi connectivity index (χ1v) is 7.22. The number of thiol groups is 1. The number of carbonyl (C=O) groups excluding carboxylic acids is 1. The van der Waals surface area contributed by atoms with E-state index >= 15 is 0 Å². The monoisotopic (exact) mass is 293 g/mol. The third kappa shape index (κ3) is 3.26. The van der Waals surface area contributed by atoms with Crippen molar-refractivity contribution in [1.82, 2.24) is 0 Å². The van der Waals surface area contributed by atoms with Crippen LogP contribution < -0.4 is 5.32 Å². The van der Waals surface area contributed by atoms with Crippen LogP contribution in [0.2, 0.25) is 0 Å². The van der Waals surface area contributed by atoms with E-state index < -0.39 is 0 Å². The molecule has 0 saturated heterocycles. The zero-order chi connectivity index (χ0) is 14.7. The molecule has 3 aromatic carbocycles. The SMILES string of the molecule is O=C(S)Nc1ccccc1Cc1ccc2ccccc2c1. The van der Waals surface area contributed by atoms with Crippen molar-refractivity contribution in [2.45, 2.75) is 6.42 Å². The summed E-state index contributed by atoms with van der Waals surface area (Å²) in [6.07, 6.45) is 0.773. The average Bonchev–Trinajstić information content (AvgIpc) is 2.49. The lowest BCUT2D eigenvalue weighted by Gasteiger charge is -2.10. The van der Waals surface area contributed by atoms with Gasteiger partial charge in [-0.2, -0.15) is 0 Å². The van der Waals surface area contributed by atoms with E-state index in [4.69, 9.17) is 0 Å². The fraction of sp³-hybridized carbons (Fsp3) is 0.0556. The lowest BCUT2D eigenvalue weighted by Crippen LogP contribution is -2.04. The first-order valence-electron chi connectivity index (χ1n) is 6.78. The summed E-state index contributed by atoms with van der Waals surface area (Å²) in [6, 6.07) is 22.5. The predicted molar refractivity (Wildman–Crippen MR) is 91.2 cm³/mol. The zero-order valence-electron chi connectivity index (χ0n) is 11.4. The molecule has 2 nitrogen and oxygen atoms in total. The summed E-state index contributed by atoms with van der Waals surface area (Å²) in [5, 5.41) is 4.87. The van der Waals surface area contributed by atoms with Gasteiger partial charge >= 0.3 is 0 Å². The largest absolute Gasteiger partial charge is 0.317 e. The highest BCUT2D eigenvalue weighted by Gasteiger charge is 2.05. The van der Waals surface area contributed by atoms with Crippen LogP contribution in [0.4, 0.5) is 10.5 Å². The molecule has 0 radical (unpaired) electrons. The number of fused-ring (bicyclic) bond motifs is 1. The number of benzene rings is 3. The van der Waals surface area contributed by atoms with Crippen LogP contribution in [0.15, 0.2) is 66.7 Å². The lowest BCUT2D eigenvalue weighted by molar-refractivity contribution is 0.270. The van der Waals surface area contributed by atoms with Crippen molar-refractivity contribution in [3.05, 3.63) is 77.9 Å². The Hall–Kier alpha value is -2.26. The quantitative estimate of drug-likeness (QED) is 0.661. The summed E-state index contributed by atoms with van der Waals surface area (Å²) in [7, 11) is 0. The molecule has 0 fully saturated rings. The molecule has 0 aliphatic rings. The topological polar surface area (TPSA) is 29.1 Å². The van der Waals surface area contributed by atoms with Gasteiger partial charge < -0.3 is 5.32 Å². The molecule has 104 valence electrons. The first-order chi connectivity index (χ1) is 10.2. The van der Waals surface area contributed by atoms with Crippen LogP contribution in [-0.4, -0.2) is 5.24 Å². The number of amides is 1. The molecule has 0 atom stereocenters. The summed E-state index contributed by atoms with van der Waals surface area (Å²) in [5.74, 6) is 0. The van der Waals surface area contributed by atoms with E-state index in [0.29, 0.717) is 0 Å². The van der Waals surface area contributed by atoms with E-state index in [-0.39, 0.29) is 5.24 Å². The molecule has 3 heteroatoms. The van der Waals surface area contributed by atoms with Crippen LogP contribution in [0.1, 0.15) is 11.1 Å². The van der Waals surface area contributed by atoms with Gasteiger partial charge in [0.05, 0.1) is 0 Å². The molecule has 0 heterocycles. The van der Waals surface area contributed by atoms with Gasteiger partial charge in [0, 0.05) is 5.69 Å². The van der Waals surface area contributed by atoms with E-state index in [1.54, 1.807) is 0 Å². The van der Waals surface area contributed by atoms with Gasteiger partial charge in [-0.1, -0.05) is 73.3 Å². The molecule has 0 unspecified atom stereocenters. The Balaban J connectivity index is 1.93. The second-order valence-electron chi connectivity index (χ2n) is 4.95. The van der Waals surface area contributed by atoms with E-state index in [1.165, 1.54) is 16.3 Å². The molecule has 21 heavy (non-hydrogen) atoms. The lowest BCUT2D eigenvalue weighted by atomic mass is 10.00. The maximum absolute atomic E-state index is 11.1. The molecule has 0 spiro atoms. The second-order valence-corrected chi connectivity index (χ2v) is 5.35. The van der Waals surface area contributed by atoms with Crippen molar-refractivity contribution in [3.63, 3.8) is 0 Å². The highest BCUT2D eigenvalue weighted by Crippen LogP contribution is 2.22. The summed E-state index contributed by atoms with van der Waals surface area (Å²) >= 11 is 3.78. The number of carbonyl (C=O) groups is 1. The maximum Gasteiger partial charge on any atom is 0.280 e. The van der Waals surface area contributed by atoms with Crippen molar-refractivity contribution in [2.75, 3.05) is 5.32 Å². The van der Waals surface area contributed by atoms with Crippen LogP contribution in [0.5, 0.6) is 0 Å². The summed E-state index contributed by atoms with van der Waals surface area (Å²) in [6.45, 7) is 0. The van der Waals surface area contributed by atoms with Crippen LogP contribution in [-0.2, 0) is 6.42 Å². The van der Waals surface area contributed by atoms with Gasteiger partial charge in [-0.25, -0.2) is 0 Å². The molecule has 3 aromatic rings. The van der Waals surface area contributed by atoms with E-state index in [9.17, 15) is 4.79 Å². The Bertz CT molecular complexity index is 798. The molecule has 0 aliphatic heterocycles. The zero-order valence-corrected chi connectivity index (χ0v) is 12.3. The molecular formula is C18H15NOS. The highest BCUT2D eigenvalue weighted by atomic mass is 32.1. The molecule has 1 N–H and O–H groups in total. The second kappa shape index (κ2) is 6.02.